The SMILES string of the molecule is CC/C=C\C/C=C\C/C=C\C/C=C\C/C=C\C/C=C\C/C=C\C/C=C\C/C=C\CCCCCCCC(=O)NC(COC1OC(CO)C(OC2OC(CO)C(O)C(O)C2O)C(O)C1O)C(O)/C=C/CC/C=C/CCCCCCCCCCCCCCC. The molecule has 86 heavy (non-hydrogen) atoms. The fourth-order valence-corrected chi connectivity index (χ4v) is 10.0. The Morgan fingerprint density at radius 3 is 1.28 bits per heavy atom. The van der Waals surface area contributed by atoms with Gasteiger partial charge in [0.25, 0.3) is 0 Å². The van der Waals surface area contributed by atoms with Crippen LogP contribution in [0.25, 0.3) is 0 Å². The minimum absolute atomic E-state index is 0.242. The molecular formula is C72H119NO13. The van der Waals surface area contributed by atoms with Gasteiger partial charge in [0.15, 0.2) is 12.6 Å². The number of aliphatic hydroxyl groups excluding tert-OH is 8. The summed E-state index contributed by atoms with van der Waals surface area (Å²) in [5.74, 6) is -0.273. The lowest BCUT2D eigenvalue weighted by atomic mass is 9.97. The summed E-state index contributed by atoms with van der Waals surface area (Å²) in [4.78, 5) is 13.3. The predicted octanol–water partition coefficient (Wildman–Crippen LogP) is 13.1. The molecule has 0 aliphatic carbocycles. The highest BCUT2D eigenvalue weighted by Gasteiger charge is 2.51. The van der Waals surface area contributed by atoms with Crippen molar-refractivity contribution in [3.63, 3.8) is 0 Å². The third-order valence-electron chi connectivity index (χ3n) is 15.3. The van der Waals surface area contributed by atoms with Gasteiger partial charge in [-0.1, -0.05) is 244 Å². The van der Waals surface area contributed by atoms with Crippen molar-refractivity contribution < 1.29 is 64.6 Å². The van der Waals surface area contributed by atoms with Gasteiger partial charge >= 0.3 is 0 Å². The lowest BCUT2D eigenvalue weighted by Gasteiger charge is -2.46. The summed E-state index contributed by atoms with van der Waals surface area (Å²) in [5, 5.41) is 87.3. The molecule has 2 saturated heterocycles. The number of rotatable bonds is 52. The van der Waals surface area contributed by atoms with Crippen molar-refractivity contribution in [1.29, 1.82) is 0 Å². The molecule has 2 heterocycles. The highest BCUT2D eigenvalue weighted by atomic mass is 16.7. The largest absolute Gasteiger partial charge is 0.394 e. The molecule has 2 aliphatic rings. The van der Waals surface area contributed by atoms with Gasteiger partial charge in [-0.05, 0) is 103 Å². The maximum atomic E-state index is 13.3. The quantitative estimate of drug-likeness (QED) is 0.0204. The molecular weight excluding hydrogens is 1090 g/mol. The highest BCUT2D eigenvalue weighted by molar-refractivity contribution is 5.76. The van der Waals surface area contributed by atoms with E-state index in [4.69, 9.17) is 18.9 Å². The van der Waals surface area contributed by atoms with Crippen molar-refractivity contribution >= 4 is 5.91 Å². The summed E-state index contributed by atoms with van der Waals surface area (Å²) in [6.07, 6.45) is 64.9. The molecule has 1 amide bonds. The summed E-state index contributed by atoms with van der Waals surface area (Å²) >= 11 is 0. The van der Waals surface area contributed by atoms with Gasteiger partial charge in [-0.15, -0.1) is 0 Å². The second-order valence-electron chi connectivity index (χ2n) is 22.9. The topological polar surface area (TPSA) is 228 Å². The maximum Gasteiger partial charge on any atom is 0.220 e. The highest BCUT2D eigenvalue weighted by Crippen LogP contribution is 2.30. The van der Waals surface area contributed by atoms with Gasteiger partial charge in [-0.2, -0.15) is 0 Å². The molecule has 0 aromatic rings. The number of aliphatic hydroxyl groups is 8. The Hall–Kier alpha value is -3.87. The zero-order valence-electron chi connectivity index (χ0n) is 53.0. The second kappa shape index (κ2) is 55.2. The molecule has 9 N–H and O–H groups in total. The summed E-state index contributed by atoms with van der Waals surface area (Å²) in [7, 11) is 0. The van der Waals surface area contributed by atoms with Gasteiger partial charge in [0.2, 0.25) is 5.91 Å². The third kappa shape index (κ3) is 39.2. The Kier molecular flexibility index (Phi) is 50.2. The number of carbonyl (C=O) groups is 1. The number of carbonyl (C=O) groups excluding carboxylic acids is 1. The van der Waals surface area contributed by atoms with Gasteiger partial charge in [-0.25, -0.2) is 0 Å². The fraction of sp³-hybridized carbons (Fsp3) is 0.681. The molecule has 0 spiro atoms. The lowest BCUT2D eigenvalue weighted by Crippen LogP contribution is -2.65. The minimum atomic E-state index is -1.80. The average Bonchev–Trinajstić information content (AvgIpc) is 2.63. The third-order valence-corrected chi connectivity index (χ3v) is 15.3. The molecule has 2 aliphatic heterocycles. The van der Waals surface area contributed by atoms with Crippen LogP contribution in [-0.2, 0) is 23.7 Å². The van der Waals surface area contributed by atoms with E-state index in [0.29, 0.717) is 12.8 Å². The first-order valence-corrected chi connectivity index (χ1v) is 33.4. The maximum absolute atomic E-state index is 13.3. The number of hydrogen-bond acceptors (Lipinski definition) is 13. The van der Waals surface area contributed by atoms with Crippen LogP contribution in [0, 0.1) is 0 Å². The Morgan fingerprint density at radius 1 is 0.430 bits per heavy atom. The van der Waals surface area contributed by atoms with Crippen molar-refractivity contribution in [2.24, 2.45) is 0 Å². The molecule has 14 nitrogen and oxygen atoms in total. The molecule has 0 aromatic carbocycles. The van der Waals surface area contributed by atoms with Crippen LogP contribution in [0.2, 0.25) is 0 Å². The van der Waals surface area contributed by atoms with E-state index in [1.165, 1.54) is 83.5 Å². The Bertz CT molecular complexity index is 1950. The molecule has 0 bridgehead atoms. The average molecular weight is 1210 g/mol. The van der Waals surface area contributed by atoms with E-state index in [9.17, 15) is 45.6 Å². The van der Waals surface area contributed by atoms with E-state index in [2.05, 4.69) is 141 Å². The normalized spacial score (nSPS) is 24.3. The number of nitrogens with one attached hydrogen (secondary N) is 1. The number of unbranched alkanes of at least 4 members (excludes halogenated alkanes) is 19. The van der Waals surface area contributed by atoms with Crippen molar-refractivity contribution in [3.8, 4) is 0 Å². The van der Waals surface area contributed by atoms with E-state index < -0.39 is 86.8 Å². The predicted molar refractivity (Wildman–Crippen MR) is 350 cm³/mol. The number of allylic oxidation sites excluding steroid dienone is 21. The lowest BCUT2D eigenvalue weighted by molar-refractivity contribution is -0.359. The van der Waals surface area contributed by atoms with Gasteiger partial charge in [0, 0.05) is 6.42 Å². The van der Waals surface area contributed by atoms with Crippen molar-refractivity contribution in [1.82, 2.24) is 5.32 Å². The van der Waals surface area contributed by atoms with Crippen LogP contribution in [0.15, 0.2) is 134 Å². The summed E-state index contributed by atoms with van der Waals surface area (Å²) in [5.41, 5.74) is 0. The number of hydrogen-bond donors (Lipinski definition) is 9. The standard InChI is InChI=1S/C72H119NO13/c1-3-5-7-9-11-13-15-17-19-21-23-24-25-26-27-28-29-30-31-32-33-34-35-36-38-40-42-44-46-48-50-52-54-56-64(77)73-60(61(76)55-53-51-49-47-45-43-41-39-37-22-20-18-16-14-12-10-8-6-4-2)59-83-71-69(82)67(80)70(63(58-75)85-71)86-72-68(81)66(79)65(78)62(57-74)84-72/h5,7,11,13,17,19,23-24,26-27,29-30,32-33,35-36,40,42,45,47,53,55,60-63,65-72,74-76,78-82H,3-4,6,8-10,12,14-16,18,20-22,25,28,31,34,37-39,41,43-44,46,48-52,54,56-59H2,1-2H3,(H,73,77)/b7-5-,13-11-,19-17-,24-23-,27-26-,30-29-,33-32-,36-35-,42-40-,47-45+,55-53+. The molecule has 0 saturated carbocycles. The van der Waals surface area contributed by atoms with Crippen LogP contribution in [-0.4, -0.2) is 140 Å². The van der Waals surface area contributed by atoms with Gasteiger partial charge in [0.1, 0.15) is 48.8 Å². The van der Waals surface area contributed by atoms with Gasteiger partial charge < -0.3 is 65.1 Å². The van der Waals surface area contributed by atoms with Gasteiger partial charge in [0.05, 0.1) is 32.0 Å². The van der Waals surface area contributed by atoms with Gasteiger partial charge in [-0.3, -0.25) is 4.79 Å². The summed E-state index contributed by atoms with van der Waals surface area (Å²) < 4.78 is 22.8. The van der Waals surface area contributed by atoms with Crippen molar-refractivity contribution in [3.05, 3.63) is 134 Å². The zero-order valence-corrected chi connectivity index (χ0v) is 53.0. The molecule has 2 rings (SSSR count). The Labute approximate surface area is 520 Å². The zero-order chi connectivity index (χ0) is 62.3. The van der Waals surface area contributed by atoms with Crippen molar-refractivity contribution in [2.75, 3.05) is 19.8 Å². The fourth-order valence-electron chi connectivity index (χ4n) is 10.0. The smallest absolute Gasteiger partial charge is 0.220 e. The van der Waals surface area contributed by atoms with E-state index in [1.807, 2.05) is 6.08 Å². The van der Waals surface area contributed by atoms with Crippen LogP contribution >= 0.6 is 0 Å². The van der Waals surface area contributed by atoms with Crippen LogP contribution in [0.1, 0.15) is 219 Å². The number of amides is 1. The van der Waals surface area contributed by atoms with E-state index >= 15 is 0 Å². The molecule has 0 aromatic heterocycles. The monoisotopic (exact) mass is 1210 g/mol. The van der Waals surface area contributed by atoms with Crippen LogP contribution in [0.4, 0.5) is 0 Å². The van der Waals surface area contributed by atoms with Crippen LogP contribution < -0.4 is 5.32 Å². The van der Waals surface area contributed by atoms with E-state index in [0.717, 1.165) is 103 Å². The molecule has 2 fully saturated rings. The van der Waals surface area contributed by atoms with E-state index in [1.54, 1.807) is 6.08 Å². The number of ether oxygens (including phenoxy) is 4. The summed E-state index contributed by atoms with van der Waals surface area (Å²) in [6, 6.07) is -0.953. The first kappa shape index (κ1) is 78.2. The second-order valence-corrected chi connectivity index (χ2v) is 22.9. The molecule has 14 heteroatoms. The van der Waals surface area contributed by atoms with Crippen LogP contribution in [0.5, 0.6) is 0 Å². The van der Waals surface area contributed by atoms with Crippen LogP contribution in [0.3, 0.4) is 0 Å². The first-order valence-electron chi connectivity index (χ1n) is 33.4. The Balaban J connectivity index is 1.73. The first-order chi connectivity index (χ1) is 42.1. The molecule has 12 unspecified atom stereocenters. The molecule has 12 atom stereocenters. The molecule has 490 valence electrons. The van der Waals surface area contributed by atoms with Crippen molar-refractivity contribution in [2.45, 2.75) is 293 Å². The Morgan fingerprint density at radius 2 is 0.814 bits per heavy atom. The molecule has 0 radical (unpaired) electrons. The van der Waals surface area contributed by atoms with E-state index in [-0.39, 0.29) is 18.9 Å². The summed E-state index contributed by atoms with van der Waals surface area (Å²) in [6.45, 7) is 2.65. The minimum Gasteiger partial charge on any atom is -0.394 e.